The second kappa shape index (κ2) is 4.72. The van der Waals surface area contributed by atoms with Crippen molar-refractivity contribution in [2.24, 2.45) is 0 Å². The third-order valence-electron chi connectivity index (χ3n) is 3.41. The molecule has 8 heteroatoms. The van der Waals surface area contributed by atoms with Gasteiger partial charge in [-0.2, -0.15) is 5.06 Å². The van der Waals surface area contributed by atoms with Gasteiger partial charge in [0.15, 0.2) is 11.5 Å². The predicted molar refractivity (Wildman–Crippen MR) is 67.9 cm³/mol. The molecule has 1 fully saturated rings. The Morgan fingerprint density at radius 1 is 1.47 bits per heavy atom. The molecule has 19 heavy (non-hydrogen) atoms. The molecular weight excluding hydrogens is 248 g/mol. The highest BCUT2D eigenvalue weighted by atomic mass is 16.7. The van der Waals surface area contributed by atoms with Crippen LogP contribution in [0.2, 0.25) is 0 Å². The van der Waals surface area contributed by atoms with E-state index in [1.54, 1.807) is 11.4 Å². The van der Waals surface area contributed by atoms with E-state index in [4.69, 9.17) is 10.6 Å². The lowest BCUT2D eigenvalue weighted by Crippen LogP contribution is -2.26. The van der Waals surface area contributed by atoms with E-state index < -0.39 is 0 Å². The van der Waals surface area contributed by atoms with Crippen LogP contribution in [0.1, 0.15) is 6.42 Å². The summed E-state index contributed by atoms with van der Waals surface area (Å²) < 4.78 is 1.89. The van der Waals surface area contributed by atoms with Crippen LogP contribution in [0, 0.1) is 0 Å². The van der Waals surface area contributed by atoms with Crippen LogP contribution in [0.5, 0.6) is 0 Å². The number of hydroxylamine groups is 2. The molecule has 0 unspecified atom stereocenters. The van der Waals surface area contributed by atoms with Gasteiger partial charge in [-0.25, -0.2) is 15.0 Å². The van der Waals surface area contributed by atoms with Crippen LogP contribution in [-0.2, 0) is 11.4 Å². The van der Waals surface area contributed by atoms with Gasteiger partial charge in [-0.15, -0.1) is 0 Å². The highest BCUT2D eigenvalue weighted by Gasteiger charge is 2.30. The number of rotatable bonds is 3. The maximum absolute atomic E-state index is 9.21. The van der Waals surface area contributed by atoms with E-state index in [-0.39, 0.29) is 18.8 Å². The fourth-order valence-electron chi connectivity index (χ4n) is 2.37. The molecular formula is C11H16N6O2. The van der Waals surface area contributed by atoms with Crippen molar-refractivity contribution in [2.45, 2.75) is 25.1 Å². The molecule has 0 bridgehead atoms. The third kappa shape index (κ3) is 2.14. The van der Waals surface area contributed by atoms with Gasteiger partial charge in [0.25, 0.3) is 0 Å². The van der Waals surface area contributed by atoms with E-state index in [0.29, 0.717) is 23.5 Å². The highest BCUT2D eigenvalue weighted by molar-refractivity contribution is 5.81. The summed E-state index contributed by atoms with van der Waals surface area (Å²) in [5.41, 5.74) is 7.05. The van der Waals surface area contributed by atoms with Crippen LogP contribution in [0.3, 0.4) is 0 Å². The lowest BCUT2D eigenvalue weighted by molar-refractivity contribution is -0.150. The topological polar surface area (TPSA) is 102 Å². The number of imidazole rings is 1. The van der Waals surface area contributed by atoms with E-state index in [9.17, 15) is 5.11 Å². The largest absolute Gasteiger partial charge is 0.395 e. The Morgan fingerprint density at radius 3 is 3.05 bits per heavy atom. The minimum atomic E-state index is -0.00394. The van der Waals surface area contributed by atoms with Crippen molar-refractivity contribution in [3.8, 4) is 0 Å². The number of nitrogens with two attached hydrogens (primary N) is 1. The van der Waals surface area contributed by atoms with Gasteiger partial charge in [-0.3, -0.25) is 4.84 Å². The van der Waals surface area contributed by atoms with E-state index >= 15 is 0 Å². The Morgan fingerprint density at radius 2 is 2.32 bits per heavy atom. The molecule has 2 aromatic heterocycles. The smallest absolute Gasteiger partial charge is 0.165 e. The van der Waals surface area contributed by atoms with Gasteiger partial charge in [0.1, 0.15) is 11.8 Å². The average molecular weight is 264 g/mol. The number of aliphatic hydroxyl groups excluding tert-OH is 1. The van der Waals surface area contributed by atoms with E-state index in [1.165, 1.54) is 6.33 Å². The molecule has 1 aliphatic rings. The molecule has 0 aliphatic carbocycles. The lowest BCUT2D eigenvalue weighted by Gasteiger charge is -2.14. The van der Waals surface area contributed by atoms with Gasteiger partial charge in [0.2, 0.25) is 0 Å². The quantitative estimate of drug-likeness (QED) is 0.763. The second-order valence-electron chi connectivity index (χ2n) is 4.67. The molecule has 0 radical (unpaired) electrons. The number of anilines is 1. The molecule has 0 spiro atoms. The molecule has 3 rings (SSSR count). The molecule has 0 aromatic carbocycles. The maximum Gasteiger partial charge on any atom is 0.165 e. The highest BCUT2D eigenvalue weighted by Crippen LogP contribution is 2.22. The fourth-order valence-corrected chi connectivity index (χ4v) is 2.37. The minimum Gasteiger partial charge on any atom is -0.395 e. The number of fused-ring (bicyclic) bond motifs is 1. The average Bonchev–Trinajstić information content (AvgIpc) is 2.95. The second-order valence-corrected chi connectivity index (χ2v) is 4.67. The normalized spacial score (nSPS) is 24.3. The summed E-state index contributed by atoms with van der Waals surface area (Å²) >= 11 is 0. The van der Waals surface area contributed by atoms with Crippen molar-refractivity contribution >= 4 is 17.0 Å². The molecule has 0 saturated carbocycles. The summed E-state index contributed by atoms with van der Waals surface area (Å²) in [7, 11) is 1.83. The van der Waals surface area contributed by atoms with Crippen LogP contribution in [-0.4, -0.2) is 55.5 Å². The zero-order valence-electron chi connectivity index (χ0n) is 10.6. The van der Waals surface area contributed by atoms with Crippen molar-refractivity contribution < 1.29 is 9.94 Å². The third-order valence-corrected chi connectivity index (χ3v) is 3.41. The summed E-state index contributed by atoms with van der Waals surface area (Å²) in [6, 6.07) is 0.0412. The summed E-state index contributed by atoms with van der Waals surface area (Å²) in [5, 5.41) is 10.9. The number of aliphatic hydroxyl groups is 1. The van der Waals surface area contributed by atoms with Gasteiger partial charge >= 0.3 is 0 Å². The summed E-state index contributed by atoms with van der Waals surface area (Å²) in [4.78, 5) is 18.0. The van der Waals surface area contributed by atoms with E-state index in [2.05, 4.69) is 15.0 Å². The molecule has 1 aliphatic heterocycles. The minimum absolute atomic E-state index is 0.00394. The number of aromatic nitrogens is 4. The van der Waals surface area contributed by atoms with Gasteiger partial charge in [-0.05, 0) is 6.42 Å². The SMILES string of the molecule is CN1O[C@H](Cn2cnc3c(N)ncnc32)C[C@H]1CO. The fraction of sp³-hybridized carbons (Fsp3) is 0.545. The molecule has 1 saturated heterocycles. The number of likely N-dealkylation sites (N-methyl/N-ethyl adjacent to an activating group) is 1. The van der Waals surface area contributed by atoms with E-state index in [0.717, 1.165) is 6.42 Å². The zero-order chi connectivity index (χ0) is 13.4. The van der Waals surface area contributed by atoms with Crippen molar-refractivity contribution in [1.82, 2.24) is 24.6 Å². The van der Waals surface area contributed by atoms with Crippen LogP contribution < -0.4 is 5.73 Å². The summed E-state index contributed by atoms with van der Waals surface area (Å²) in [5.74, 6) is 0.376. The number of nitrogen functional groups attached to an aromatic ring is 1. The Hall–Kier alpha value is -1.77. The van der Waals surface area contributed by atoms with Gasteiger partial charge in [0, 0.05) is 7.05 Å². The molecule has 8 nitrogen and oxygen atoms in total. The first kappa shape index (κ1) is 12.3. The molecule has 0 amide bonds. The predicted octanol–water partition coefficient (Wildman–Crippen LogP) is -0.595. The first-order valence-electron chi connectivity index (χ1n) is 6.11. The molecule has 3 N–H and O–H groups in total. The van der Waals surface area contributed by atoms with Gasteiger partial charge in [0.05, 0.1) is 31.6 Å². The number of hydrogen-bond acceptors (Lipinski definition) is 7. The molecule has 2 atom stereocenters. The van der Waals surface area contributed by atoms with Crippen molar-refractivity contribution in [3.63, 3.8) is 0 Å². The van der Waals surface area contributed by atoms with Crippen LogP contribution in [0.25, 0.3) is 11.2 Å². The van der Waals surface area contributed by atoms with Crippen LogP contribution in [0.4, 0.5) is 5.82 Å². The number of hydrogen-bond donors (Lipinski definition) is 2. The summed E-state index contributed by atoms with van der Waals surface area (Å²) in [6.45, 7) is 0.709. The van der Waals surface area contributed by atoms with Crippen LogP contribution in [0.15, 0.2) is 12.7 Å². The lowest BCUT2D eigenvalue weighted by atomic mass is 10.1. The van der Waals surface area contributed by atoms with Gasteiger partial charge < -0.3 is 15.4 Å². The van der Waals surface area contributed by atoms with Crippen molar-refractivity contribution in [1.29, 1.82) is 0 Å². The first-order chi connectivity index (χ1) is 9.19. The Bertz CT molecular complexity index is 586. The Balaban J connectivity index is 1.81. The van der Waals surface area contributed by atoms with E-state index in [1.807, 2.05) is 11.6 Å². The van der Waals surface area contributed by atoms with Crippen molar-refractivity contribution in [2.75, 3.05) is 19.4 Å². The van der Waals surface area contributed by atoms with Gasteiger partial charge in [-0.1, -0.05) is 0 Å². The summed E-state index contributed by atoms with van der Waals surface area (Å²) in [6.07, 6.45) is 3.88. The monoisotopic (exact) mass is 264 g/mol. The first-order valence-corrected chi connectivity index (χ1v) is 6.11. The zero-order valence-corrected chi connectivity index (χ0v) is 10.6. The van der Waals surface area contributed by atoms with Crippen molar-refractivity contribution in [3.05, 3.63) is 12.7 Å². The van der Waals surface area contributed by atoms with Crippen LogP contribution >= 0.6 is 0 Å². The maximum atomic E-state index is 9.21. The Labute approximate surface area is 109 Å². The molecule has 3 heterocycles. The molecule has 2 aromatic rings. The molecule has 102 valence electrons. The Kier molecular flexibility index (Phi) is 3.05. The number of nitrogens with zero attached hydrogens (tertiary/aromatic N) is 5. The standard InChI is InChI=1S/C11H16N6O2/c1-16-7(4-18)2-8(19-16)3-17-6-15-9-10(12)13-5-14-11(9)17/h5-8,18H,2-4H2,1H3,(H2,12,13,14)/t7-,8-/m0/s1.